The third-order valence-corrected chi connectivity index (χ3v) is 4.41. The van der Waals surface area contributed by atoms with Crippen molar-refractivity contribution in [3.05, 3.63) is 54.4 Å². The molecule has 1 aliphatic heterocycles. The lowest BCUT2D eigenvalue weighted by atomic mass is 10.1. The number of pyridine rings is 1. The predicted octanol–water partition coefficient (Wildman–Crippen LogP) is 2.46. The first-order chi connectivity index (χ1) is 12.7. The van der Waals surface area contributed by atoms with Crippen molar-refractivity contribution in [1.29, 1.82) is 0 Å². The number of ether oxygens (including phenoxy) is 2. The van der Waals surface area contributed by atoms with Gasteiger partial charge in [-0.05, 0) is 35.9 Å². The van der Waals surface area contributed by atoms with Gasteiger partial charge >= 0.3 is 0 Å². The second-order valence-corrected chi connectivity index (χ2v) is 6.00. The van der Waals surface area contributed by atoms with Crippen molar-refractivity contribution in [2.45, 2.75) is 0 Å². The van der Waals surface area contributed by atoms with E-state index < -0.39 is 0 Å². The number of anilines is 1. The highest BCUT2D eigenvalue weighted by molar-refractivity contribution is 5.92. The fraction of sp³-hybridized carbons (Fsp3) is 0.300. The highest BCUT2D eigenvalue weighted by atomic mass is 16.5. The Balaban J connectivity index is 1.60. The van der Waals surface area contributed by atoms with Crippen LogP contribution in [-0.4, -0.2) is 56.2 Å². The van der Waals surface area contributed by atoms with Crippen molar-refractivity contribution in [2.75, 3.05) is 45.3 Å². The van der Waals surface area contributed by atoms with E-state index in [1.165, 1.54) is 0 Å². The number of methoxy groups -OCH3 is 2. The molecule has 1 amide bonds. The van der Waals surface area contributed by atoms with Crippen LogP contribution in [0.3, 0.4) is 0 Å². The maximum Gasteiger partial charge on any atom is 0.246 e. The van der Waals surface area contributed by atoms with E-state index in [-0.39, 0.29) is 5.91 Å². The minimum absolute atomic E-state index is 0.0150. The number of amides is 1. The predicted molar refractivity (Wildman–Crippen MR) is 102 cm³/mol. The van der Waals surface area contributed by atoms with Gasteiger partial charge in [-0.2, -0.15) is 0 Å². The number of carbonyl (C=O) groups excluding carboxylic acids is 1. The van der Waals surface area contributed by atoms with Crippen LogP contribution in [0.5, 0.6) is 11.5 Å². The fourth-order valence-corrected chi connectivity index (χ4v) is 2.94. The summed E-state index contributed by atoms with van der Waals surface area (Å²) in [5.41, 5.74) is 2.01. The van der Waals surface area contributed by atoms with E-state index in [1.807, 2.05) is 29.2 Å². The quantitative estimate of drug-likeness (QED) is 0.773. The van der Waals surface area contributed by atoms with E-state index in [4.69, 9.17) is 9.47 Å². The lowest BCUT2D eigenvalue weighted by Crippen LogP contribution is -2.48. The van der Waals surface area contributed by atoms with E-state index in [9.17, 15) is 4.79 Å². The molecule has 0 radical (unpaired) electrons. The third-order valence-electron chi connectivity index (χ3n) is 4.41. The van der Waals surface area contributed by atoms with Gasteiger partial charge in [0, 0.05) is 56.4 Å². The van der Waals surface area contributed by atoms with Gasteiger partial charge in [-0.15, -0.1) is 0 Å². The Bertz CT molecular complexity index is 747. The van der Waals surface area contributed by atoms with Crippen LogP contribution in [-0.2, 0) is 4.79 Å². The van der Waals surface area contributed by atoms with E-state index >= 15 is 0 Å². The van der Waals surface area contributed by atoms with Gasteiger partial charge in [0.1, 0.15) is 11.5 Å². The van der Waals surface area contributed by atoms with Crippen molar-refractivity contribution in [3.63, 3.8) is 0 Å². The van der Waals surface area contributed by atoms with Crippen molar-refractivity contribution in [2.24, 2.45) is 0 Å². The molecular formula is C20H23N3O3. The number of carbonyl (C=O) groups is 1. The minimum atomic E-state index is 0.0150. The molecule has 0 spiro atoms. The van der Waals surface area contributed by atoms with Crippen molar-refractivity contribution >= 4 is 17.7 Å². The number of hydrogen-bond donors (Lipinski definition) is 0. The Morgan fingerprint density at radius 1 is 1.00 bits per heavy atom. The van der Waals surface area contributed by atoms with Crippen LogP contribution < -0.4 is 14.4 Å². The smallest absolute Gasteiger partial charge is 0.246 e. The van der Waals surface area contributed by atoms with E-state index in [1.54, 1.807) is 44.8 Å². The Morgan fingerprint density at radius 3 is 2.19 bits per heavy atom. The summed E-state index contributed by atoms with van der Waals surface area (Å²) in [4.78, 5) is 20.6. The topological polar surface area (TPSA) is 54.9 Å². The van der Waals surface area contributed by atoms with Gasteiger partial charge in [-0.3, -0.25) is 9.78 Å². The lowest BCUT2D eigenvalue weighted by Gasteiger charge is -2.35. The molecular weight excluding hydrogens is 330 g/mol. The van der Waals surface area contributed by atoms with Crippen molar-refractivity contribution in [1.82, 2.24) is 9.88 Å². The Hall–Kier alpha value is -3.02. The molecule has 1 aromatic carbocycles. The van der Waals surface area contributed by atoms with Crippen LogP contribution >= 0.6 is 0 Å². The zero-order chi connectivity index (χ0) is 18.4. The highest BCUT2D eigenvalue weighted by Gasteiger charge is 2.19. The minimum Gasteiger partial charge on any atom is -0.497 e. The Labute approximate surface area is 153 Å². The molecule has 136 valence electrons. The molecule has 0 unspecified atom stereocenters. The van der Waals surface area contributed by atoms with E-state index in [0.717, 1.165) is 24.3 Å². The monoisotopic (exact) mass is 353 g/mol. The lowest BCUT2D eigenvalue weighted by molar-refractivity contribution is -0.126. The summed E-state index contributed by atoms with van der Waals surface area (Å²) in [7, 11) is 3.21. The summed E-state index contributed by atoms with van der Waals surface area (Å²) in [6, 6.07) is 9.53. The SMILES string of the molecule is COc1cc(/C=C/C(=O)N2CCN(c3ccncc3)CC2)cc(OC)c1. The largest absolute Gasteiger partial charge is 0.497 e. The van der Waals surface area contributed by atoms with Gasteiger partial charge in [0.25, 0.3) is 0 Å². The zero-order valence-electron chi connectivity index (χ0n) is 15.1. The first-order valence-electron chi connectivity index (χ1n) is 8.54. The van der Waals surface area contributed by atoms with Crippen LogP contribution in [0.25, 0.3) is 6.08 Å². The molecule has 0 saturated carbocycles. The van der Waals surface area contributed by atoms with Crippen molar-refractivity contribution in [3.8, 4) is 11.5 Å². The average molecular weight is 353 g/mol. The van der Waals surface area contributed by atoms with Crippen LogP contribution in [0.1, 0.15) is 5.56 Å². The van der Waals surface area contributed by atoms with Crippen molar-refractivity contribution < 1.29 is 14.3 Å². The molecule has 1 fully saturated rings. The Morgan fingerprint density at radius 2 is 1.62 bits per heavy atom. The van der Waals surface area contributed by atoms with Crippen LogP contribution in [0.15, 0.2) is 48.8 Å². The summed E-state index contributed by atoms with van der Waals surface area (Å²) < 4.78 is 10.5. The number of aromatic nitrogens is 1. The number of hydrogen-bond acceptors (Lipinski definition) is 5. The number of rotatable bonds is 5. The van der Waals surface area contributed by atoms with Gasteiger partial charge in [-0.1, -0.05) is 0 Å². The molecule has 1 aromatic heterocycles. The summed E-state index contributed by atoms with van der Waals surface area (Å²) in [6.45, 7) is 3.03. The second kappa shape index (κ2) is 8.38. The van der Waals surface area contributed by atoms with E-state index in [0.29, 0.717) is 24.6 Å². The summed E-state index contributed by atoms with van der Waals surface area (Å²) in [5.74, 6) is 1.41. The Kier molecular flexibility index (Phi) is 5.73. The number of benzene rings is 1. The summed E-state index contributed by atoms with van der Waals surface area (Å²) in [5, 5.41) is 0. The first-order valence-corrected chi connectivity index (χ1v) is 8.54. The summed E-state index contributed by atoms with van der Waals surface area (Å²) >= 11 is 0. The second-order valence-electron chi connectivity index (χ2n) is 6.00. The molecule has 26 heavy (non-hydrogen) atoms. The average Bonchev–Trinajstić information content (AvgIpc) is 2.72. The molecule has 2 heterocycles. The van der Waals surface area contributed by atoms with E-state index in [2.05, 4.69) is 9.88 Å². The molecule has 6 nitrogen and oxygen atoms in total. The standard InChI is InChI=1S/C20H23N3O3/c1-25-18-13-16(14-19(15-18)26-2)3-4-20(24)23-11-9-22(10-12-23)17-5-7-21-8-6-17/h3-8,13-15H,9-12H2,1-2H3/b4-3+. The number of piperazine rings is 1. The maximum atomic E-state index is 12.5. The molecule has 0 aliphatic carbocycles. The van der Waals surface area contributed by atoms with Gasteiger partial charge in [0.15, 0.2) is 0 Å². The zero-order valence-corrected chi connectivity index (χ0v) is 15.1. The van der Waals surface area contributed by atoms with Gasteiger partial charge < -0.3 is 19.3 Å². The molecule has 0 N–H and O–H groups in total. The third kappa shape index (κ3) is 4.33. The maximum absolute atomic E-state index is 12.5. The molecule has 0 atom stereocenters. The normalized spacial score (nSPS) is 14.5. The van der Waals surface area contributed by atoms with Gasteiger partial charge in [0.2, 0.25) is 5.91 Å². The molecule has 3 rings (SSSR count). The highest BCUT2D eigenvalue weighted by Crippen LogP contribution is 2.23. The number of nitrogens with zero attached hydrogens (tertiary/aromatic N) is 3. The van der Waals surface area contributed by atoms with Crippen LogP contribution in [0.4, 0.5) is 5.69 Å². The van der Waals surface area contributed by atoms with Crippen LogP contribution in [0.2, 0.25) is 0 Å². The molecule has 1 saturated heterocycles. The molecule has 6 heteroatoms. The fourth-order valence-electron chi connectivity index (χ4n) is 2.94. The van der Waals surface area contributed by atoms with Gasteiger partial charge in [-0.25, -0.2) is 0 Å². The molecule has 2 aromatic rings. The molecule has 1 aliphatic rings. The first kappa shape index (κ1) is 17.8. The summed E-state index contributed by atoms with van der Waals surface area (Å²) in [6.07, 6.45) is 6.98. The van der Waals surface area contributed by atoms with Gasteiger partial charge in [0.05, 0.1) is 14.2 Å². The van der Waals surface area contributed by atoms with Crippen LogP contribution in [0, 0.1) is 0 Å². The molecule has 0 bridgehead atoms.